The summed E-state index contributed by atoms with van der Waals surface area (Å²) in [6, 6.07) is 2.34. The fourth-order valence-corrected chi connectivity index (χ4v) is 2.24. The average molecular weight is 308 g/mol. The summed E-state index contributed by atoms with van der Waals surface area (Å²) in [7, 11) is 0. The molecule has 1 aliphatic carbocycles. The van der Waals surface area contributed by atoms with Crippen LogP contribution in [-0.2, 0) is 4.74 Å². The van der Waals surface area contributed by atoms with E-state index < -0.39 is 11.9 Å². The molecule has 1 saturated carbocycles. The summed E-state index contributed by atoms with van der Waals surface area (Å²) < 4.78 is 18.4. The average Bonchev–Trinajstić information content (AvgIpc) is 3.11. The van der Waals surface area contributed by atoms with Gasteiger partial charge in [0.2, 0.25) is 0 Å². The van der Waals surface area contributed by atoms with Crippen LogP contribution >= 0.6 is 23.2 Å². The van der Waals surface area contributed by atoms with E-state index in [0.29, 0.717) is 18.2 Å². The van der Waals surface area contributed by atoms with Crippen molar-refractivity contribution in [2.75, 3.05) is 25.1 Å². The minimum absolute atomic E-state index is 0.191. The Hall–Kier alpha value is -0.550. The predicted molar refractivity (Wildman–Crippen MR) is 74.5 cm³/mol. The highest BCUT2D eigenvalue weighted by Crippen LogP contribution is 2.31. The fraction of sp³-hybridized carbons (Fsp3) is 0.538. The molecule has 1 aromatic carbocycles. The molecule has 1 aromatic rings. The quantitative estimate of drug-likeness (QED) is 0.812. The first-order valence-electron chi connectivity index (χ1n) is 6.20. The summed E-state index contributed by atoms with van der Waals surface area (Å²) in [6.45, 7) is 1.21. The molecule has 0 amide bonds. The first-order valence-corrected chi connectivity index (χ1v) is 6.96. The molecule has 0 heterocycles. The van der Waals surface area contributed by atoms with Crippen LogP contribution in [0.15, 0.2) is 12.1 Å². The molecule has 0 aromatic heterocycles. The van der Waals surface area contributed by atoms with E-state index in [1.807, 2.05) is 0 Å². The van der Waals surface area contributed by atoms with Crippen molar-refractivity contribution < 1.29 is 14.2 Å². The van der Waals surface area contributed by atoms with E-state index in [1.165, 1.54) is 25.0 Å². The van der Waals surface area contributed by atoms with E-state index in [9.17, 15) is 9.50 Å². The molecule has 0 bridgehead atoms. The summed E-state index contributed by atoms with van der Waals surface area (Å²) in [5, 5.41) is 13.0. The maximum atomic E-state index is 13.0. The van der Waals surface area contributed by atoms with Crippen LogP contribution in [-0.4, -0.2) is 31.0 Å². The third-order valence-corrected chi connectivity index (χ3v) is 3.48. The molecule has 3 nitrogen and oxygen atoms in total. The van der Waals surface area contributed by atoms with Gasteiger partial charge in [0, 0.05) is 13.2 Å². The van der Waals surface area contributed by atoms with Crippen LogP contribution in [0.3, 0.4) is 0 Å². The molecule has 0 saturated heterocycles. The van der Waals surface area contributed by atoms with Gasteiger partial charge in [-0.1, -0.05) is 23.2 Å². The van der Waals surface area contributed by atoms with Crippen LogP contribution in [0.1, 0.15) is 12.8 Å². The maximum Gasteiger partial charge on any atom is 0.126 e. The van der Waals surface area contributed by atoms with E-state index >= 15 is 0 Å². The zero-order valence-electron chi connectivity index (χ0n) is 10.3. The summed E-state index contributed by atoms with van der Waals surface area (Å²) in [5.41, 5.74) is 0.422. The van der Waals surface area contributed by atoms with Gasteiger partial charge in [0.25, 0.3) is 0 Å². The number of rotatable bonds is 7. The number of aliphatic hydroxyl groups excluding tert-OH is 1. The van der Waals surface area contributed by atoms with Crippen LogP contribution in [0.4, 0.5) is 10.1 Å². The number of nitrogens with one attached hydrogen (secondary N) is 1. The Balaban J connectivity index is 1.77. The normalized spacial score (nSPS) is 16.4. The van der Waals surface area contributed by atoms with Crippen molar-refractivity contribution in [1.29, 1.82) is 0 Å². The van der Waals surface area contributed by atoms with Gasteiger partial charge in [-0.3, -0.25) is 0 Å². The van der Waals surface area contributed by atoms with E-state index in [1.54, 1.807) is 0 Å². The fourth-order valence-electron chi connectivity index (χ4n) is 1.65. The molecule has 0 radical (unpaired) electrons. The van der Waals surface area contributed by atoms with Crippen molar-refractivity contribution >= 4 is 28.9 Å². The molecule has 0 spiro atoms. The lowest BCUT2D eigenvalue weighted by Crippen LogP contribution is -2.25. The zero-order chi connectivity index (χ0) is 13.8. The predicted octanol–water partition coefficient (Wildman–Crippen LogP) is 3.33. The number of benzene rings is 1. The Morgan fingerprint density at radius 2 is 2.00 bits per heavy atom. The van der Waals surface area contributed by atoms with Gasteiger partial charge < -0.3 is 15.2 Å². The molecular weight excluding hydrogens is 292 g/mol. The van der Waals surface area contributed by atoms with Crippen LogP contribution in [0.25, 0.3) is 0 Å². The van der Waals surface area contributed by atoms with Crippen LogP contribution < -0.4 is 5.32 Å². The molecule has 2 rings (SSSR count). The second-order valence-corrected chi connectivity index (χ2v) is 5.57. The highest BCUT2D eigenvalue weighted by atomic mass is 35.5. The smallest absolute Gasteiger partial charge is 0.126 e. The topological polar surface area (TPSA) is 41.5 Å². The van der Waals surface area contributed by atoms with Crippen molar-refractivity contribution in [1.82, 2.24) is 0 Å². The lowest BCUT2D eigenvalue weighted by Gasteiger charge is -2.15. The van der Waals surface area contributed by atoms with Gasteiger partial charge in [0.1, 0.15) is 5.82 Å². The lowest BCUT2D eigenvalue weighted by atomic mass is 10.3. The molecule has 0 aliphatic heterocycles. The van der Waals surface area contributed by atoms with E-state index in [4.69, 9.17) is 27.9 Å². The molecule has 1 fully saturated rings. The number of hydrogen-bond donors (Lipinski definition) is 2. The van der Waals surface area contributed by atoms with Gasteiger partial charge in [-0.15, -0.1) is 0 Å². The van der Waals surface area contributed by atoms with Crippen molar-refractivity contribution in [2.24, 2.45) is 5.92 Å². The summed E-state index contributed by atoms with van der Waals surface area (Å²) >= 11 is 11.7. The highest BCUT2D eigenvalue weighted by Gasteiger charge is 2.21. The van der Waals surface area contributed by atoms with Gasteiger partial charge in [-0.25, -0.2) is 4.39 Å². The molecule has 19 heavy (non-hydrogen) atoms. The minimum atomic E-state index is -0.657. The van der Waals surface area contributed by atoms with Gasteiger partial charge in [-0.2, -0.15) is 0 Å². The van der Waals surface area contributed by atoms with Crippen molar-refractivity contribution in [2.45, 2.75) is 18.9 Å². The van der Waals surface area contributed by atoms with Crippen molar-refractivity contribution in [3.8, 4) is 0 Å². The largest absolute Gasteiger partial charge is 0.389 e. The number of anilines is 1. The Kier molecular flexibility index (Phi) is 5.28. The zero-order valence-corrected chi connectivity index (χ0v) is 11.8. The Morgan fingerprint density at radius 1 is 1.37 bits per heavy atom. The van der Waals surface area contributed by atoms with E-state index in [0.717, 1.165) is 0 Å². The van der Waals surface area contributed by atoms with Gasteiger partial charge in [0.05, 0.1) is 28.4 Å². The standard InChI is InChI=1S/C13H16Cl2FNO2/c14-11-3-9(16)4-12(15)13(11)17-5-10(18)7-19-6-8-1-2-8/h3-4,8,10,17-18H,1-2,5-7H2. The first-order chi connectivity index (χ1) is 9.06. The van der Waals surface area contributed by atoms with Crippen LogP contribution in [0.5, 0.6) is 0 Å². The lowest BCUT2D eigenvalue weighted by molar-refractivity contribution is 0.0386. The van der Waals surface area contributed by atoms with E-state index in [-0.39, 0.29) is 23.2 Å². The van der Waals surface area contributed by atoms with Crippen molar-refractivity contribution in [3.63, 3.8) is 0 Å². The summed E-state index contributed by atoms with van der Waals surface area (Å²) in [4.78, 5) is 0. The number of halogens is 3. The monoisotopic (exact) mass is 307 g/mol. The third-order valence-electron chi connectivity index (χ3n) is 2.88. The Bertz CT molecular complexity index is 418. The molecule has 2 N–H and O–H groups in total. The summed E-state index contributed by atoms with van der Waals surface area (Å²) in [6.07, 6.45) is 1.78. The third kappa shape index (κ3) is 4.80. The molecular formula is C13H16Cl2FNO2. The van der Waals surface area contributed by atoms with Gasteiger partial charge in [0.15, 0.2) is 0 Å². The number of aliphatic hydroxyl groups is 1. The maximum absolute atomic E-state index is 13.0. The Morgan fingerprint density at radius 3 is 2.58 bits per heavy atom. The minimum Gasteiger partial charge on any atom is -0.389 e. The first kappa shape index (κ1) is 14.9. The molecule has 6 heteroatoms. The van der Waals surface area contributed by atoms with E-state index in [2.05, 4.69) is 5.32 Å². The van der Waals surface area contributed by atoms with Crippen LogP contribution in [0, 0.1) is 11.7 Å². The second kappa shape index (κ2) is 6.75. The number of ether oxygens (including phenoxy) is 1. The number of hydrogen-bond acceptors (Lipinski definition) is 3. The van der Waals surface area contributed by atoms with Gasteiger partial charge >= 0.3 is 0 Å². The highest BCUT2D eigenvalue weighted by molar-refractivity contribution is 6.39. The summed E-state index contributed by atoms with van der Waals surface area (Å²) in [5.74, 6) is 0.176. The van der Waals surface area contributed by atoms with Crippen LogP contribution in [0.2, 0.25) is 10.0 Å². The molecule has 1 atom stereocenters. The second-order valence-electron chi connectivity index (χ2n) is 4.76. The molecule has 106 valence electrons. The Labute approximate surface area is 121 Å². The SMILES string of the molecule is OC(CNc1c(Cl)cc(F)cc1Cl)COCC1CC1. The van der Waals surface area contributed by atoms with Crippen molar-refractivity contribution in [3.05, 3.63) is 28.0 Å². The van der Waals surface area contributed by atoms with Gasteiger partial charge in [-0.05, 0) is 30.9 Å². The molecule has 1 unspecified atom stereocenters. The molecule has 1 aliphatic rings.